The quantitative estimate of drug-likeness (QED) is 0.653. The first-order valence-corrected chi connectivity index (χ1v) is 3.99. The maximum atomic E-state index is 5.63. The van der Waals surface area contributed by atoms with Crippen LogP contribution in [0.4, 0.5) is 0 Å². The van der Waals surface area contributed by atoms with Crippen molar-refractivity contribution in [2.24, 2.45) is 11.5 Å². The Balaban J connectivity index is 2.74. The first kappa shape index (κ1) is 7.65. The van der Waals surface area contributed by atoms with E-state index in [1.54, 1.807) is 11.3 Å². The van der Waals surface area contributed by atoms with E-state index < -0.39 is 0 Å². The molecule has 10 heavy (non-hydrogen) atoms. The van der Waals surface area contributed by atoms with E-state index in [2.05, 4.69) is 4.98 Å². The van der Waals surface area contributed by atoms with Gasteiger partial charge in [0.1, 0.15) is 0 Å². The zero-order chi connectivity index (χ0) is 7.56. The zero-order valence-electron chi connectivity index (χ0n) is 5.87. The molecule has 0 aromatic carbocycles. The second-order valence-corrected chi connectivity index (χ2v) is 3.20. The van der Waals surface area contributed by atoms with E-state index in [4.69, 9.17) is 11.5 Å². The molecule has 1 atom stereocenters. The van der Waals surface area contributed by atoms with Crippen molar-refractivity contribution in [1.29, 1.82) is 0 Å². The Kier molecular flexibility index (Phi) is 2.37. The summed E-state index contributed by atoms with van der Waals surface area (Å²) in [6.07, 6.45) is 0. The standard InChI is InChI=1S/C6H11N3S/c1-4-9-6(3-10-4)5(8)2-7/h3,5H,2,7-8H2,1H3/t5-/m0/s1. The highest BCUT2D eigenvalue weighted by molar-refractivity contribution is 7.09. The normalized spacial score (nSPS) is 13.5. The molecule has 0 saturated heterocycles. The maximum absolute atomic E-state index is 5.63. The van der Waals surface area contributed by atoms with Crippen molar-refractivity contribution >= 4 is 11.3 Å². The van der Waals surface area contributed by atoms with Crippen LogP contribution in [0.1, 0.15) is 16.7 Å². The number of aryl methyl sites for hydroxylation is 1. The van der Waals surface area contributed by atoms with Crippen LogP contribution in [0, 0.1) is 6.92 Å². The molecule has 0 bridgehead atoms. The zero-order valence-corrected chi connectivity index (χ0v) is 6.69. The van der Waals surface area contributed by atoms with Gasteiger partial charge in [-0.2, -0.15) is 0 Å². The second-order valence-electron chi connectivity index (χ2n) is 2.13. The highest BCUT2D eigenvalue weighted by atomic mass is 32.1. The van der Waals surface area contributed by atoms with Crippen LogP contribution in [-0.2, 0) is 0 Å². The molecule has 4 N–H and O–H groups in total. The number of nitrogens with two attached hydrogens (primary N) is 2. The number of rotatable bonds is 2. The summed E-state index contributed by atoms with van der Waals surface area (Å²) >= 11 is 1.60. The van der Waals surface area contributed by atoms with Crippen molar-refractivity contribution in [3.8, 4) is 0 Å². The second kappa shape index (κ2) is 3.09. The molecule has 0 unspecified atom stereocenters. The molecule has 0 aliphatic heterocycles. The molecule has 1 aromatic rings. The predicted molar refractivity (Wildman–Crippen MR) is 42.8 cm³/mol. The molecule has 4 heteroatoms. The number of hydrogen-bond acceptors (Lipinski definition) is 4. The van der Waals surface area contributed by atoms with Crippen LogP contribution < -0.4 is 11.5 Å². The van der Waals surface area contributed by atoms with Crippen LogP contribution in [-0.4, -0.2) is 11.5 Å². The lowest BCUT2D eigenvalue weighted by molar-refractivity contribution is 0.715. The number of nitrogens with zero attached hydrogens (tertiary/aromatic N) is 1. The molecule has 56 valence electrons. The molecular formula is C6H11N3S. The van der Waals surface area contributed by atoms with Crippen molar-refractivity contribution in [3.05, 3.63) is 16.1 Å². The summed E-state index contributed by atoms with van der Waals surface area (Å²) in [5.74, 6) is 0. The summed E-state index contributed by atoms with van der Waals surface area (Å²) in [7, 11) is 0. The minimum atomic E-state index is -0.0926. The van der Waals surface area contributed by atoms with Crippen LogP contribution in [0.15, 0.2) is 5.38 Å². The number of aromatic nitrogens is 1. The summed E-state index contributed by atoms with van der Waals surface area (Å²) in [5, 5.41) is 2.99. The molecule has 0 fully saturated rings. The van der Waals surface area contributed by atoms with Crippen molar-refractivity contribution in [3.63, 3.8) is 0 Å². The highest BCUT2D eigenvalue weighted by Crippen LogP contribution is 2.12. The Morgan fingerprint density at radius 3 is 2.90 bits per heavy atom. The average molecular weight is 157 g/mol. The molecule has 0 spiro atoms. The van der Waals surface area contributed by atoms with Gasteiger partial charge >= 0.3 is 0 Å². The van der Waals surface area contributed by atoms with E-state index in [0.29, 0.717) is 6.54 Å². The first-order valence-electron chi connectivity index (χ1n) is 3.11. The summed E-state index contributed by atoms with van der Waals surface area (Å²) < 4.78 is 0. The smallest absolute Gasteiger partial charge is 0.0898 e. The SMILES string of the molecule is Cc1nc([C@@H](N)CN)cs1. The van der Waals surface area contributed by atoms with Gasteiger partial charge in [0.25, 0.3) is 0 Å². The van der Waals surface area contributed by atoms with E-state index in [1.807, 2.05) is 12.3 Å². The Morgan fingerprint density at radius 2 is 2.50 bits per heavy atom. The van der Waals surface area contributed by atoms with E-state index in [1.165, 1.54) is 0 Å². The summed E-state index contributed by atoms with van der Waals surface area (Å²) in [4.78, 5) is 4.19. The molecule has 3 nitrogen and oxygen atoms in total. The van der Waals surface area contributed by atoms with Gasteiger partial charge in [0, 0.05) is 11.9 Å². The van der Waals surface area contributed by atoms with Gasteiger partial charge in [-0.05, 0) is 6.92 Å². The van der Waals surface area contributed by atoms with E-state index >= 15 is 0 Å². The lowest BCUT2D eigenvalue weighted by atomic mass is 10.2. The Hall–Kier alpha value is -0.450. The highest BCUT2D eigenvalue weighted by Gasteiger charge is 2.05. The third kappa shape index (κ3) is 1.53. The van der Waals surface area contributed by atoms with Crippen LogP contribution in [0.25, 0.3) is 0 Å². The molecule has 1 rings (SSSR count). The summed E-state index contributed by atoms with van der Waals surface area (Å²) in [6, 6.07) is -0.0926. The minimum absolute atomic E-state index is 0.0926. The van der Waals surface area contributed by atoms with E-state index in [9.17, 15) is 0 Å². The van der Waals surface area contributed by atoms with Gasteiger partial charge < -0.3 is 11.5 Å². The molecule has 0 saturated carbocycles. The van der Waals surface area contributed by atoms with Crippen molar-refractivity contribution in [2.45, 2.75) is 13.0 Å². The predicted octanol–water partition coefficient (Wildman–Crippen LogP) is 0.410. The van der Waals surface area contributed by atoms with Gasteiger partial charge in [0.05, 0.1) is 16.7 Å². The molecule has 1 aromatic heterocycles. The third-order valence-electron chi connectivity index (χ3n) is 1.27. The van der Waals surface area contributed by atoms with Crippen molar-refractivity contribution < 1.29 is 0 Å². The molecule has 0 aliphatic carbocycles. The van der Waals surface area contributed by atoms with Gasteiger partial charge in [-0.25, -0.2) is 4.98 Å². The molecule has 0 amide bonds. The Labute approximate surface area is 64.1 Å². The van der Waals surface area contributed by atoms with Gasteiger partial charge in [-0.3, -0.25) is 0 Å². The number of thiazole rings is 1. The summed E-state index contributed by atoms with van der Waals surface area (Å²) in [6.45, 7) is 2.42. The van der Waals surface area contributed by atoms with Gasteiger partial charge in [0.15, 0.2) is 0 Å². The molecule has 1 heterocycles. The average Bonchev–Trinajstić information content (AvgIpc) is 2.34. The van der Waals surface area contributed by atoms with Crippen molar-refractivity contribution in [1.82, 2.24) is 4.98 Å². The lowest BCUT2D eigenvalue weighted by Crippen LogP contribution is -2.20. The van der Waals surface area contributed by atoms with Gasteiger partial charge in [-0.1, -0.05) is 0 Å². The van der Waals surface area contributed by atoms with Gasteiger partial charge in [0.2, 0.25) is 0 Å². The Morgan fingerprint density at radius 1 is 1.80 bits per heavy atom. The van der Waals surface area contributed by atoms with E-state index in [0.717, 1.165) is 10.7 Å². The fourth-order valence-corrected chi connectivity index (χ4v) is 1.35. The third-order valence-corrected chi connectivity index (χ3v) is 2.06. The Bertz CT molecular complexity index is 209. The van der Waals surface area contributed by atoms with Crippen LogP contribution in [0.3, 0.4) is 0 Å². The largest absolute Gasteiger partial charge is 0.329 e. The maximum Gasteiger partial charge on any atom is 0.0898 e. The van der Waals surface area contributed by atoms with Crippen LogP contribution in [0.5, 0.6) is 0 Å². The fourth-order valence-electron chi connectivity index (χ4n) is 0.671. The van der Waals surface area contributed by atoms with Gasteiger partial charge in [-0.15, -0.1) is 11.3 Å². The minimum Gasteiger partial charge on any atom is -0.329 e. The lowest BCUT2D eigenvalue weighted by Gasteiger charge is -2.02. The molecule has 0 radical (unpaired) electrons. The topological polar surface area (TPSA) is 64.9 Å². The first-order chi connectivity index (χ1) is 4.74. The van der Waals surface area contributed by atoms with Crippen molar-refractivity contribution in [2.75, 3.05) is 6.54 Å². The summed E-state index contributed by atoms with van der Waals surface area (Å²) in [5.41, 5.74) is 11.9. The molecular weight excluding hydrogens is 146 g/mol. The van der Waals surface area contributed by atoms with E-state index in [-0.39, 0.29) is 6.04 Å². The molecule has 0 aliphatic rings. The van der Waals surface area contributed by atoms with Crippen LogP contribution in [0.2, 0.25) is 0 Å². The fraction of sp³-hybridized carbons (Fsp3) is 0.500. The number of hydrogen-bond donors (Lipinski definition) is 2. The monoisotopic (exact) mass is 157 g/mol. The van der Waals surface area contributed by atoms with Crippen LogP contribution >= 0.6 is 11.3 Å².